The van der Waals surface area contributed by atoms with Crippen molar-refractivity contribution >= 4 is 29.3 Å². The summed E-state index contributed by atoms with van der Waals surface area (Å²) in [6.45, 7) is 0.338. The molecule has 0 saturated heterocycles. The van der Waals surface area contributed by atoms with E-state index in [0.29, 0.717) is 15.6 Å². The number of hydrogen-bond acceptors (Lipinski definition) is 3. The molecule has 0 aliphatic carbocycles. The summed E-state index contributed by atoms with van der Waals surface area (Å²) >= 11 is 11.9. The number of halogens is 2. The summed E-state index contributed by atoms with van der Waals surface area (Å²) < 4.78 is 5.05. The van der Waals surface area contributed by atoms with E-state index in [-0.39, 0.29) is 13.2 Å². The van der Waals surface area contributed by atoms with Crippen LogP contribution in [-0.4, -0.2) is 17.6 Å². The summed E-state index contributed by atoms with van der Waals surface area (Å²) in [4.78, 5) is 15.3. The molecule has 1 aromatic carbocycles. The molecule has 1 N–H and O–H groups in total. The van der Waals surface area contributed by atoms with E-state index >= 15 is 0 Å². The Kier molecular flexibility index (Phi) is 6.08. The minimum Gasteiger partial charge on any atom is -0.445 e. The number of nitrogens with zero attached hydrogens (tertiary/aromatic N) is 1. The van der Waals surface area contributed by atoms with E-state index in [0.717, 1.165) is 5.56 Å². The Morgan fingerprint density at radius 3 is 2.55 bits per heavy atom. The molecule has 0 radical (unpaired) electrons. The van der Waals surface area contributed by atoms with Crippen LogP contribution < -0.4 is 5.32 Å². The lowest BCUT2D eigenvalue weighted by Gasteiger charge is -2.04. The molecule has 1 amide bonds. The molecule has 112 valence electrons. The van der Waals surface area contributed by atoms with Crippen molar-refractivity contribution in [2.24, 2.45) is 0 Å². The number of pyridine rings is 1. The summed E-state index contributed by atoms with van der Waals surface area (Å²) in [6, 6.07) is 9.41. The largest absolute Gasteiger partial charge is 0.445 e. The minimum atomic E-state index is -0.537. The number of carbonyl (C=O) groups is 1. The highest BCUT2D eigenvalue weighted by atomic mass is 35.5. The van der Waals surface area contributed by atoms with Gasteiger partial charge >= 0.3 is 6.09 Å². The summed E-state index contributed by atoms with van der Waals surface area (Å²) in [7, 11) is 0. The van der Waals surface area contributed by atoms with Crippen LogP contribution >= 0.6 is 23.2 Å². The molecule has 2 aromatic rings. The number of aromatic nitrogens is 1. The van der Waals surface area contributed by atoms with Crippen molar-refractivity contribution in [3.63, 3.8) is 0 Å². The number of nitrogens with one attached hydrogen (secondary N) is 1. The fourth-order valence-corrected chi connectivity index (χ4v) is 2.01. The zero-order chi connectivity index (χ0) is 15.8. The lowest BCUT2D eigenvalue weighted by atomic mass is 10.2. The molecule has 22 heavy (non-hydrogen) atoms. The van der Waals surface area contributed by atoms with Crippen LogP contribution in [-0.2, 0) is 11.3 Å². The van der Waals surface area contributed by atoms with Gasteiger partial charge in [0.05, 0.1) is 22.2 Å². The molecular weight excluding hydrogens is 323 g/mol. The van der Waals surface area contributed by atoms with Gasteiger partial charge in [-0.15, -0.1) is 0 Å². The van der Waals surface area contributed by atoms with E-state index in [4.69, 9.17) is 27.9 Å². The molecule has 0 saturated carbocycles. The van der Waals surface area contributed by atoms with Gasteiger partial charge in [-0.2, -0.15) is 0 Å². The van der Waals surface area contributed by atoms with E-state index in [1.165, 1.54) is 12.4 Å². The highest BCUT2D eigenvalue weighted by Crippen LogP contribution is 2.21. The Balaban J connectivity index is 1.79. The van der Waals surface area contributed by atoms with Crippen molar-refractivity contribution in [3.8, 4) is 11.8 Å². The maximum absolute atomic E-state index is 11.5. The maximum Gasteiger partial charge on any atom is 0.408 e. The second kappa shape index (κ2) is 8.28. The maximum atomic E-state index is 11.5. The fraction of sp³-hybridized carbons (Fsp3) is 0.125. The fourth-order valence-electron chi connectivity index (χ4n) is 1.55. The van der Waals surface area contributed by atoms with Gasteiger partial charge in [-0.25, -0.2) is 4.79 Å². The van der Waals surface area contributed by atoms with Crippen molar-refractivity contribution in [1.29, 1.82) is 0 Å². The van der Waals surface area contributed by atoms with Gasteiger partial charge in [-0.05, 0) is 5.56 Å². The number of rotatable bonds is 3. The lowest BCUT2D eigenvalue weighted by molar-refractivity contribution is 0.141. The molecule has 0 fully saturated rings. The second-order valence-electron chi connectivity index (χ2n) is 4.20. The van der Waals surface area contributed by atoms with Crippen LogP contribution in [0.1, 0.15) is 11.1 Å². The SMILES string of the molecule is O=C(NCC#Cc1c(Cl)cncc1Cl)OCc1ccccc1. The number of amides is 1. The molecule has 0 spiro atoms. The van der Waals surface area contributed by atoms with Gasteiger partial charge in [-0.1, -0.05) is 65.4 Å². The van der Waals surface area contributed by atoms with Crippen molar-refractivity contribution in [2.75, 3.05) is 6.54 Å². The zero-order valence-electron chi connectivity index (χ0n) is 11.5. The first-order valence-electron chi connectivity index (χ1n) is 6.39. The highest BCUT2D eigenvalue weighted by Gasteiger charge is 2.03. The van der Waals surface area contributed by atoms with Crippen LogP contribution in [0.5, 0.6) is 0 Å². The molecule has 4 nitrogen and oxygen atoms in total. The molecular formula is C16H12Cl2N2O2. The number of ether oxygens (including phenoxy) is 1. The van der Waals surface area contributed by atoms with Gasteiger partial charge in [0.2, 0.25) is 0 Å². The van der Waals surface area contributed by atoms with Gasteiger partial charge < -0.3 is 10.1 Å². The van der Waals surface area contributed by atoms with Crippen LogP contribution in [0.2, 0.25) is 10.0 Å². The third-order valence-corrected chi connectivity index (χ3v) is 3.17. The monoisotopic (exact) mass is 334 g/mol. The van der Waals surface area contributed by atoms with E-state index < -0.39 is 6.09 Å². The summed E-state index contributed by atoms with van der Waals surface area (Å²) in [5.41, 5.74) is 1.40. The van der Waals surface area contributed by atoms with Crippen molar-refractivity contribution < 1.29 is 9.53 Å². The second-order valence-corrected chi connectivity index (χ2v) is 5.01. The molecule has 6 heteroatoms. The quantitative estimate of drug-likeness (QED) is 0.871. The first-order chi connectivity index (χ1) is 10.7. The smallest absolute Gasteiger partial charge is 0.408 e. The third kappa shape index (κ3) is 4.96. The Hall–Kier alpha value is -2.22. The molecule has 0 atom stereocenters. The van der Waals surface area contributed by atoms with Crippen LogP contribution in [0.15, 0.2) is 42.7 Å². The van der Waals surface area contributed by atoms with Crippen LogP contribution in [0, 0.1) is 11.8 Å². The Morgan fingerprint density at radius 1 is 1.18 bits per heavy atom. The molecule has 1 heterocycles. The normalized spacial score (nSPS) is 9.55. The van der Waals surface area contributed by atoms with Gasteiger partial charge in [0, 0.05) is 12.4 Å². The van der Waals surface area contributed by atoms with Gasteiger partial charge in [0.1, 0.15) is 6.61 Å². The van der Waals surface area contributed by atoms with Crippen molar-refractivity contribution in [2.45, 2.75) is 6.61 Å². The summed E-state index contributed by atoms with van der Waals surface area (Å²) in [5.74, 6) is 5.54. The van der Waals surface area contributed by atoms with Gasteiger partial charge in [-0.3, -0.25) is 4.98 Å². The summed E-state index contributed by atoms with van der Waals surface area (Å²) in [6.07, 6.45) is 2.38. The van der Waals surface area contributed by atoms with Crippen molar-refractivity contribution in [3.05, 3.63) is 63.9 Å². The Bertz CT molecular complexity index is 689. The average molecular weight is 335 g/mol. The standard InChI is InChI=1S/C16H12Cl2N2O2/c17-14-9-19-10-15(18)13(14)7-4-8-20-16(21)22-11-12-5-2-1-3-6-12/h1-3,5-6,9-10H,8,11H2,(H,20,21). The van der Waals surface area contributed by atoms with Crippen molar-refractivity contribution in [1.82, 2.24) is 10.3 Å². The zero-order valence-corrected chi connectivity index (χ0v) is 13.0. The Morgan fingerprint density at radius 2 is 1.86 bits per heavy atom. The van der Waals surface area contributed by atoms with Gasteiger partial charge in [0.25, 0.3) is 0 Å². The highest BCUT2D eigenvalue weighted by molar-refractivity contribution is 6.36. The van der Waals surface area contributed by atoms with Crippen LogP contribution in [0.25, 0.3) is 0 Å². The topological polar surface area (TPSA) is 51.2 Å². The molecule has 0 aliphatic rings. The predicted molar refractivity (Wildman–Crippen MR) is 85.8 cm³/mol. The lowest BCUT2D eigenvalue weighted by Crippen LogP contribution is -2.24. The molecule has 2 rings (SSSR count). The number of alkyl carbamates (subject to hydrolysis) is 1. The van der Waals surface area contributed by atoms with Crippen LogP contribution in [0.4, 0.5) is 4.79 Å². The van der Waals surface area contributed by atoms with E-state index in [2.05, 4.69) is 22.1 Å². The third-order valence-electron chi connectivity index (χ3n) is 2.60. The van der Waals surface area contributed by atoms with Gasteiger partial charge in [0.15, 0.2) is 0 Å². The molecule has 0 bridgehead atoms. The number of hydrogen-bond donors (Lipinski definition) is 1. The van der Waals surface area contributed by atoms with E-state index in [1.54, 1.807) is 0 Å². The average Bonchev–Trinajstić information content (AvgIpc) is 2.53. The van der Waals surface area contributed by atoms with Crippen LogP contribution in [0.3, 0.4) is 0 Å². The summed E-state index contributed by atoms with van der Waals surface area (Å²) in [5, 5.41) is 3.26. The minimum absolute atomic E-state index is 0.128. The molecule has 1 aromatic heterocycles. The van der Waals surface area contributed by atoms with E-state index in [1.807, 2.05) is 30.3 Å². The molecule has 0 unspecified atom stereocenters. The molecule has 0 aliphatic heterocycles. The Labute approximate surface area is 138 Å². The first-order valence-corrected chi connectivity index (χ1v) is 7.15. The first kappa shape index (κ1) is 16.2. The number of carbonyl (C=O) groups excluding carboxylic acids is 1. The van der Waals surface area contributed by atoms with E-state index in [9.17, 15) is 4.79 Å². The number of benzene rings is 1. The predicted octanol–water partition coefficient (Wildman–Crippen LogP) is 3.67.